The first-order valence-electron chi connectivity index (χ1n) is 22.2. The Morgan fingerprint density at radius 3 is 1.68 bits per heavy atom. The van der Waals surface area contributed by atoms with E-state index in [9.17, 15) is 19.2 Å². The van der Waals surface area contributed by atoms with Crippen molar-refractivity contribution in [3.8, 4) is 33.6 Å². The number of likely N-dealkylation sites (tertiary alicyclic amines) is 2. The second kappa shape index (κ2) is 17.4. The summed E-state index contributed by atoms with van der Waals surface area (Å²) in [7, 11) is 2.53. The quantitative estimate of drug-likeness (QED) is 0.116. The van der Waals surface area contributed by atoms with E-state index in [-0.39, 0.29) is 47.7 Å². The second-order valence-electron chi connectivity index (χ2n) is 18.3. The number of aromatic amines is 2. The zero-order valence-electron chi connectivity index (χ0n) is 36.9. The van der Waals surface area contributed by atoms with E-state index in [1.165, 1.54) is 14.2 Å². The molecule has 14 nitrogen and oxygen atoms in total. The van der Waals surface area contributed by atoms with Crippen LogP contribution in [0.1, 0.15) is 114 Å². The molecule has 16 heteroatoms. The van der Waals surface area contributed by atoms with E-state index in [1.54, 1.807) is 28.3 Å². The molecular weight excluding hydrogens is 811 g/mol. The standard InChI is InChI=1S/C47H58F2N8O6/c1-26(2)38(54-44(60)62-5)42(58)56-21-9-11-35(56)40-50-24-33(52-40)29-15-13-28(14-16-29)30-17-18-31(32-23-46(19-7-8-20-46)47(48,49)37(30)32)34-25-51-41(53-34)36-12-10-22-57(36)43(59)39(27(3)4)55-45(61)63-6/h13-18,24-27,35-36,38-39H,7-12,19-23H2,1-6H3,(H,50,52)(H,51,53)(H,54,60)(H,55,61)/t35?,36?,38-,39?/m0/s1. The lowest BCUT2D eigenvalue weighted by Gasteiger charge is -2.31. The number of rotatable bonds is 11. The van der Waals surface area contributed by atoms with Gasteiger partial charge >= 0.3 is 12.2 Å². The van der Waals surface area contributed by atoms with Gasteiger partial charge in [-0.1, -0.05) is 76.9 Å². The molecular formula is C47H58F2N8O6. The van der Waals surface area contributed by atoms with Crippen molar-refractivity contribution in [1.29, 1.82) is 0 Å². The van der Waals surface area contributed by atoms with Gasteiger partial charge in [-0.25, -0.2) is 28.3 Å². The van der Waals surface area contributed by atoms with E-state index < -0.39 is 35.6 Å². The average molecular weight is 869 g/mol. The molecule has 2 saturated heterocycles. The van der Waals surface area contributed by atoms with Crippen LogP contribution >= 0.6 is 0 Å². The number of alkyl halides is 2. The van der Waals surface area contributed by atoms with E-state index in [4.69, 9.17) is 14.5 Å². The lowest BCUT2D eigenvalue weighted by molar-refractivity contribution is -0.136. The maximum atomic E-state index is 17.2. The third-order valence-electron chi connectivity index (χ3n) is 13.8. The summed E-state index contributed by atoms with van der Waals surface area (Å²) in [5, 5.41) is 5.36. The van der Waals surface area contributed by atoms with Gasteiger partial charge in [0.05, 0.1) is 50.1 Å². The van der Waals surface area contributed by atoms with Crippen LogP contribution in [0.4, 0.5) is 18.4 Å². The number of aromatic nitrogens is 4. The highest BCUT2D eigenvalue weighted by molar-refractivity contribution is 5.87. The number of amides is 4. The van der Waals surface area contributed by atoms with Gasteiger partial charge in [-0.05, 0) is 79.0 Å². The smallest absolute Gasteiger partial charge is 0.407 e. The van der Waals surface area contributed by atoms with Crippen molar-refractivity contribution in [2.24, 2.45) is 17.3 Å². The number of hydrogen-bond donors (Lipinski definition) is 4. The van der Waals surface area contributed by atoms with Crippen LogP contribution in [0.15, 0.2) is 48.8 Å². The molecule has 1 saturated carbocycles. The van der Waals surface area contributed by atoms with Crippen LogP contribution in [0.25, 0.3) is 33.6 Å². The van der Waals surface area contributed by atoms with E-state index in [0.717, 1.165) is 36.9 Å². The van der Waals surface area contributed by atoms with Gasteiger partial charge in [0, 0.05) is 29.6 Å². The van der Waals surface area contributed by atoms with Crippen molar-refractivity contribution in [2.75, 3.05) is 27.3 Å². The zero-order chi connectivity index (χ0) is 44.8. The minimum absolute atomic E-state index is 0.0633. The Labute approximate surface area is 366 Å². The number of nitrogens with zero attached hydrogens (tertiary/aromatic N) is 4. The monoisotopic (exact) mass is 868 g/mol. The van der Waals surface area contributed by atoms with Gasteiger partial charge in [-0.2, -0.15) is 0 Å². The fraction of sp³-hybridized carbons (Fsp3) is 0.532. The number of fused-ring (bicyclic) bond motifs is 1. The molecule has 3 unspecified atom stereocenters. The molecule has 2 aliphatic heterocycles. The lowest BCUT2D eigenvalue weighted by Crippen LogP contribution is -2.51. The van der Waals surface area contributed by atoms with E-state index in [2.05, 4.69) is 25.6 Å². The Kier molecular flexibility index (Phi) is 12.1. The minimum Gasteiger partial charge on any atom is -0.453 e. The van der Waals surface area contributed by atoms with Crippen LogP contribution in [0.3, 0.4) is 0 Å². The summed E-state index contributed by atoms with van der Waals surface area (Å²) >= 11 is 0. The molecule has 4 aromatic rings. The van der Waals surface area contributed by atoms with E-state index >= 15 is 8.78 Å². The van der Waals surface area contributed by atoms with Gasteiger partial charge in [0.15, 0.2) is 0 Å². The molecule has 1 spiro atoms. The van der Waals surface area contributed by atoms with Crippen molar-refractivity contribution in [3.63, 3.8) is 0 Å². The molecule has 4 N–H and O–H groups in total. The van der Waals surface area contributed by atoms with Crippen LogP contribution in [0.5, 0.6) is 0 Å². The SMILES string of the molecule is COC(=O)NC(C(=O)N1CCCC1c1ncc(-c2ccc(-c3ccc(-c4cnc(C5CCCN5C(=O)[C@@H](NC(=O)OC)C(C)C)[nH]4)cc3)c3c2CC2(CCCC2)C3(F)F)[nH]1)C(C)C. The number of ether oxygens (including phenoxy) is 2. The van der Waals surface area contributed by atoms with Crippen LogP contribution in [0, 0.1) is 17.3 Å². The van der Waals surface area contributed by atoms with Crippen LogP contribution < -0.4 is 10.6 Å². The van der Waals surface area contributed by atoms with Gasteiger partial charge in [0.1, 0.15) is 23.7 Å². The summed E-state index contributed by atoms with van der Waals surface area (Å²) in [6.45, 7) is 8.51. The number of nitrogens with one attached hydrogen (secondary N) is 4. The van der Waals surface area contributed by atoms with Gasteiger partial charge in [-0.3, -0.25) is 9.59 Å². The summed E-state index contributed by atoms with van der Waals surface area (Å²) in [6, 6.07) is 9.07. The molecule has 4 aliphatic rings. The largest absolute Gasteiger partial charge is 0.453 e. The summed E-state index contributed by atoms with van der Waals surface area (Å²) in [4.78, 5) is 71.4. The predicted octanol–water partition coefficient (Wildman–Crippen LogP) is 8.43. The van der Waals surface area contributed by atoms with E-state index in [1.807, 2.05) is 58.0 Å². The molecule has 336 valence electrons. The fourth-order valence-electron chi connectivity index (χ4n) is 10.5. The fourth-order valence-corrected chi connectivity index (χ4v) is 10.5. The molecule has 4 amide bonds. The Morgan fingerprint density at radius 1 is 0.698 bits per heavy atom. The van der Waals surface area contributed by atoms with Gasteiger partial charge in [0.25, 0.3) is 5.92 Å². The molecule has 4 heterocycles. The summed E-state index contributed by atoms with van der Waals surface area (Å²) < 4.78 is 43.9. The van der Waals surface area contributed by atoms with E-state index in [0.29, 0.717) is 78.4 Å². The maximum absolute atomic E-state index is 17.2. The number of imidazole rings is 2. The van der Waals surface area contributed by atoms with Crippen LogP contribution in [0.2, 0.25) is 0 Å². The molecule has 2 aromatic heterocycles. The first-order valence-corrected chi connectivity index (χ1v) is 22.2. The third kappa shape index (κ3) is 7.94. The van der Waals surface area contributed by atoms with Gasteiger partial charge < -0.3 is 39.9 Å². The van der Waals surface area contributed by atoms with Crippen LogP contribution in [-0.4, -0.2) is 93.1 Å². The number of carbonyl (C=O) groups excluding carboxylic acids is 4. The second-order valence-corrected chi connectivity index (χ2v) is 18.3. The number of H-pyrrole nitrogens is 2. The van der Waals surface area contributed by atoms with Crippen molar-refractivity contribution in [3.05, 3.63) is 71.6 Å². The molecule has 63 heavy (non-hydrogen) atoms. The Hall–Kier alpha value is -5.80. The average Bonchev–Trinajstić information content (AvgIpc) is 4.13. The van der Waals surface area contributed by atoms with Crippen molar-refractivity contribution >= 4 is 24.0 Å². The molecule has 0 bridgehead atoms. The number of alkyl carbamates (subject to hydrolysis) is 2. The Morgan fingerprint density at radius 2 is 1.17 bits per heavy atom. The Balaban J connectivity index is 1.07. The number of hydrogen-bond acceptors (Lipinski definition) is 8. The maximum Gasteiger partial charge on any atom is 0.407 e. The van der Waals surface area contributed by atoms with Crippen molar-refractivity contribution in [2.45, 2.75) is 116 Å². The summed E-state index contributed by atoms with van der Waals surface area (Å²) in [5.41, 5.74) is 3.54. The highest BCUT2D eigenvalue weighted by atomic mass is 19.3. The highest BCUT2D eigenvalue weighted by Gasteiger charge is 2.62. The number of halogens is 2. The minimum atomic E-state index is -3.07. The van der Waals surface area contributed by atoms with Crippen molar-refractivity contribution in [1.82, 2.24) is 40.4 Å². The topological polar surface area (TPSA) is 175 Å². The molecule has 4 atom stereocenters. The van der Waals surface area contributed by atoms with Gasteiger partial charge in [0.2, 0.25) is 11.8 Å². The molecule has 3 fully saturated rings. The predicted molar refractivity (Wildman–Crippen MR) is 231 cm³/mol. The normalized spacial score (nSPS) is 20.9. The number of carbonyl (C=O) groups is 4. The molecule has 2 aliphatic carbocycles. The number of benzene rings is 2. The lowest BCUT2D eigenvalue weighted by atomic mass is 9.79. The first kappa shape index (κ1) is 43.8. The Bertz CT molecular complexity index is 2350. The van der Waals surface area contributed by atoms with Crippen molar-refractivity contribution < 1.29 is 37.4 Å². The highest BCUT2D eigenvalue weighted by Crippen LogP contribution is 2.64. The summed E-state index contributed by atoms with van der Waals surface area (Å²) in [5.74, 6) is -2.60. The number of methoxy groups -OCH3 is 2. The first-order chi connectivity index (χ1) is 30.2. The third-order valence-corrected chi connectivity index (χ3v) is 13.8. The van der Waals surface area contributed by atoms with Crippen LogP contribution in [-0.2, 0) is 31.4 Å². The summed E-state index contributed by atoms with van der Waals surface area (Å²) in [6.07, 6.45) is 7.66. The molecule has 8 rings (SSSR count). The molecule has 2 aromatic carbocycles. The molecule has 0 radical (unpaired) electrons. The van der Waals surface area contributed by atoms with Gasteiger partial charge in [-0.15, -0.1) is 0 Å². The zero-order valence-corrected chi connectivity index (χ0v) is 36.9.